The normalized spacial score (nSPS) is 11.5. The van der Waals surface area contributed by atoms with Gasteiger partial charge in [-0.25, -0.2) is 0 Å². The van der Waals surface area contributed by atoms with Gasteiger partial charge in [-0.1, -0.05) is 5.16 Å². The number of hydrogen-bond donors (Lipinski definition) is 2. The number of nitrogens with one attached hydrogen (secondary N) is 2. The molecule has 0 spiro atoms. The summed E-state index contributed by atoms with van der Waals surface area (Å²) < 4.78 is 4.87. The second-order valence-electron chi connectivity index (χ2n) is 4.68. The lowest BCUT2D eigenvalue weighted by Crippen LogP contribution is -2.34. The zero-order chi connectivity index (χ0) is 15.8. The van der Waals surface area contributed by atoms with E-state index in [0.717, 1.165) is 6.54 Å². The van der Waals surface area contributed by atoms with Gasteiger partial charge in [0.05, 0.1) is 11.0 Å². The van der Waals surface area contributed by atoms with Crippen LogP contribution in [0, 0.1) is 6.92 Å². The maximum atomic E-state index is 11.9. The molecule has 0 fully saturated rings. The van der Waals surface area contributed by atoms with Gasteiger partial charge in [0.1, 0.15) is 5.76 Å². The molecule has 0 saturated carbocycles. The van der Waals surface area contributed by atoms with Gasteiger partial charge in [0, 0.05) is 26.2 Å². The van der Waals surface area contributed by atoms with E-state index in [1.165, 1.54) is 11.8 Å². The predicted molar refractivity (Wildman–Crippen MR) is 90.6 cm³/mol. The molecule has 1 atom stereocenters. The van der Waals surface area contributed by atoms with Gasteiger partial charge in [-0.05, 0) is 20.9 Å². The van der Waals surface area contributed by atoms with E-state index in [-0.39, 0.29) is 35.2 Å². The van der Waals surface area contributed by atoms with Gasteiger partial charge >= 0.3 is 0 Å². The third kappa shape index (κ3) is 7.15. The average Bonchev–Trinajstić information content (AvgIpc) is 2.86. The zero-order valence-electron chi connectivity index (χ0n) is 13.2. The first kappa shape index (κ1) is 20.8. The maximum Gasteiger partial charge on any atom is 0.238 e. The molecule has 0 bridgehead atoms. The highest BCUT2D eigenvalue weighted by atomic mass is 35.5. The molecule has 0 aromatic carbocycles. The van der Waals surface area contributed by atoms with Crippen molar-refractivity contribution in [2.75, 3.05) is 38.3 Å². The molecule has 0 aliphatic heterocycles. The van der Waals surface area contributed by atoms with Crippen molar-refractivity contribution in [1.82, 2.24) is 15.4 Å². The van der Waals surface area contributed by atoms with Crippen LogP contribution in [0.3, 0.4) is 0 Å². The summed E-state index contributed by atoms with van der Waals surface area (Å²) in [6.45, 7) is 4.90. The summed E-state index contributed by atoms with van der Waals surface area (Å²) >= 11 is 1.30. The van der Waals surface area contributed by atoms with E-state index >= 15 is 0 Å². The number of halogens is 1. The highest BCUT2D eigenvalue weighted by Crippen LogP contribution is 2.14. The summed E-state index contributed by atoms with van der Waals surface area (Å²) in [4.78, 5) is 25.4. The molecule has 0 radical (unpaired) electrons. The Morgan fingerprint density at radius 2 is 2.18 bits per heavy atom. The number of amides is 2. The molecule has 9 heteroatoms. The highest BCUT2D eigenvalue weighted by Gasteiger charge is 2.18. The van der Waals surface area contributed by atoms with E-state index in [4.69, 9.17) is 4.52 Å². The number of rotatable bonds is 8. The van der Waals surface area contributed by atoms with Crippen LogP contribution in [0.15, 0.2) is 10.6 Å². The third-order valence-electron chi connectivity index (χ3n) is 2.83. The van der Waals surface area contributed by atoms with E-state index < -0.39 is 0 Å². The van der Waals surface area contributed by atoms with Crippen LogP contribution in [0.5, 0.6) is 0 Å². The van der Waals surface area contributed by atoms with E-state index in [2.05, 4.69) is 15.8 Å². The van der Waals surface area contributed by atoms with Crippen LogP contribution in [-0.2, 0) is 9.59 Å². The van der Waals surface area contributed by atoms with Crippen molar-refractivity contribution in [2.24, 2.45) is 0 Å². The minimum atomic E-state index is -0.344. The molecule has 0 aliphatic carbocycles. The first-order chi connectivity index (χ1) is 9.93. The SMILES string of the molecule is CNCCN(C)C(=O)CSC(C)C(=O)Nc1cc(C)on1.Cl. The fraction of sp³-hybridized carbons (Fsp3) is 0.615. The van der Waals surface area contributed by atoms with E-state index in [0.29, 0.717) is 18.1 Å². The van der Waals surface area contributed by atoms with E-state index in [1.807, 2.05) is 7.05 Å². The molecule has 1 rings (SSSR count). The molecule has 0 aliphatic rings. The van der Waals surface area contributed by atoms with Crippen LogP contribution in [0.4, 0.5) is 5.82 Å². The Morgan fingerprint density at radius 1 is 1.50 bits per heavy atom. The molecule has 7 nitrogen and oxygen atoms in total. The number of likely N-dealkylation sites (N-methyl/N-ethyl adjacent to an activating group) is 2. The van der Waals surface area contributed by atoms with Gasteiger partial charge in [-0.2, -0.15) is 0 Å². The molecule has 1 aromatic heterocycles. The van der Waals surface area contributed by atoms with Gasteiger partial charge in [-0.15, -0.1) is 24.2 Å². The first-order valence-corrected chi connectivity index (χ1v) is 7.73. The summed E-state index contributed by atoms with van der Waals surface area (Å²) in [6.07, 6.45) is 0. The average molecular weight is 351 g/mol. The lowest BCUT2D eigenvalue weighted by Gasteiger charge is -2.17. The van der Waals surface area contributed by atoms with Crippen LogP contribution < -0.4 is 10.6 Å². The predicted octanol–water partition coefficient (Wildman–Crippen LogP) is 1.14. The van der Waals surface area contributed by atoms with E-state index in [1.54, 1.807) is 31.9 Å². The molecular weight excluding hydrogens is 328 g/mol. The van der Waals surface area contributed by atoms with Crippen LogP contribution in [0.1, 0.15) is 12.7 Å². The van der Waals surface area contributed by atoms with Crippen molar-refractivity contribution in [2.45, 2.75) is 19.1 Å². The van der Waals surface area contributed by atoms with Gasteiger partial charge in [0.2, 0.25) is 11.8 Å². The topological polar surface area (TPSA) is 87.5 Å². The van der Waals surface area contributed by atoms with Crippen molar-refractivity contribution in [3.8, 4) is 0 Å². The summed E-state index contributed by atoms with van der Waals surface area (Å²) in [6, 6.07) is 1.64. The summed E-state index contributed by atoms with van der Waals surface area (Å²) in [5, 5.41) is 8.99. The number of nitrogens with zero attached hydrogens (tertiary/aromatic N) is 2. The number of aryl methyl sites for hydroxylation is 1. The van der Waals surface area contributed by atoms with Crippen LogP contribution in [0.2, 0.25) is 0 Å². The van der Waals surface area contributed by atoms with Crippen LogP contribution in [-0.4, -0.2) is 60.1 Å². The number of hydrogen-bond acceptors (Lipinski definition) is 6. The lowest BCUT2D eigenvalue weighted by atomic mass is 10.4. The van der Waals surface area contributed by atoms with Crippen LogP contribution >= 0.6 is 24.2 Å². The highest BCUT2D eigenvalue weighted by molar-refractivity contribution is 8.01. The van der Waals surface area contributed by atoms with Gasteiger partial charge < -0.3 is 20.1 Å². The number of thioether (sulfide) groups is 1. The largest absolute Gasteiger partial charge is 0.360 e. The van der Waals surface area contributed by atoms with Crippen molar-refractivity contribution in [3.63, 3.8) is 0 Å². The number of carbonyl (C=O) groups is 2. The molecule has 2 N–H and O–H groups in total. The number of anilines is 1. The molecule has 126 valence electrons. The third-order valence-corrected chi connectivity index (χ3v) is 3.96. The molecule has 1 unspecified atom stereocenters. The second-order valence-corrected chi connectivity index (χ2v) is 6.01. The van der Waals surface area contributed by atoms with E-state index in [9.17, 15) is 9.59 Å². The Kier molecular flexibility index (Phi) is 9.88. The quantitative estimate of drug-likeness (QED) is 0.731. The van der Waals surface area contributed by atoms with Gasteiger partial charge in [0.15, 0.2) is 5.82 Å². The number of aromatic nitrogens is 1. The fourth-order valence-electron chi connectivity index (χ4n) is 1.44. The Morgan fingerprint density at radius 3 is 2.73 bits per heavy atom. The second kappa shape index (κ2) is 10.5. The molecule has 0 saturated heterocycles. The Bertz CT molecular complexity index is 484. The summed E-state index contributed by atoms with van der Waals surface area (Å²) in [5.41, 5.74) is 0. The van der Waals surface area contributed by atoms with Crippen molar-refractivity contribution >= 4 is 41.8 Å². The Balaban J connectivity index is 0.00000441. The maximum absolute atomic E-state index is 11.9. The van der Waals surface area contributed by atoms with Crippen LogP contribution in [0.25, 0.3) is 0 Å². The molecule has 1 aromatic rings. The zero-order valence-corrected chi connectivity index (χ0v) is 14.8. The molecule has 2 amide bonds. The standard InChI is InChI=1S/C13H22N4O3S.ClH/c1-9-7-11(16-20-9)15-13(19)10(2)21-8-12(18)17(4)6-5-14-3;/h7,10,14H,5-6,8H2,1-4H3,(H,15,16,19);1H. The van der Waals surface area contributed by atoms with Crippen molar-refractivity contribution < 1.29 is 14.1 Å². The lowest BCUT2D eigenvalue weighted by molar-refractivity contribution is -0.127. The molecule has 22 heavy (non-hydrogen) atoms. The Labute approximate surface area is 141 Å². The number of carbonyl (C=O) groups excluding carboxylic acids is 2. The monoisotopic (exact) mass is 350 g/mol. The fourth-order valence-corrected chi connectivity index (χ4v) is 2.26. The van der Waals surface area contributed by atoms with Crippen molar-refractivity contribution in [1.29, 1.82) is 0 Å². The van der Waals surface area contributed by atoms with Gasteiger partial charge in [-0.3, -0.25) is 9.59 Å². The minimum Gasteiger partial charge on any atom is -0.360 e. The van der Waals surface area contributed by atoms with Gasteiger partial charge in [0.25, 0.3) is 0 Å². The molecule has 1 heterocycles. The van der Waals surface area contributed by atoms with Crippen molar-refractivity contribution in [3.05, 3.63) is 11.8 Å². The minimum absolute atomic E-state index is 0. The summed E-state index contributed by atoms with van der Waals surface area (Å²) in [5.74, 6) is 1.10. The first-order valence-electron chi connectivity index (χ1n) is 6.68. The Hall–Kier alpha value is -1.25. The smallest absolute Gasteiger partial charge is 0.238 e. The molecular formula is C13H23ClN4O3S. The summed E-state index contributed by atoms with van der Waals surface area (Å²) in [7, 11) is 3.59.